The molecule has 3 aliphatic heterocycles. The molecule has 5 rings (SSSR count). The number of benzene rings is 1. The Hall–Kier alpha value is -2.97. The normalized spacial score (nSPS) is 21.2. The topological polar surface area (TPSA) is 67.7 Å². The maximum atomic E-state index is 14.7. The summed E-state index contributed by atoms with van der Waals surface area (Å²) in [5, 5.41) is 0.148. The number of rotatable bonds is 5. The quantitative estimate of drug-likeness (QED) is 0.226. The Morgan fingerprint density at radius 2 is 2.02 bits per heavy atom. The molecule has 0 aliphatic carbocycles. The van der Waals surface area contributed by atoms with Gasteiger partial charge in [0.05, 0.1) is 35.1 Å². The maximum absolute atomic E-state index is 14.7. The molecule has 1 amide bonds. The molecule has 1 aromatic heterocycles. The summed E-state index contributed by atoms with van der Waals surface area (Å²) in [6, 6.07) is 0.624. The molecule has 1 spiro atoms. The van der Waals surface area contributed by atoms with Crippen LogP contribution in [0.4, 0.5) is 27.8 Å². The lowest BCUT2D eigenvalue weighted by Gasteiger charge is -2.41. The van der Waals surface area contributed by atoms with Gasteiger partial charge in [-0.3, -0.25) is 9.36 Å². The summed E-state index contributed by atoms with van der Waals surface area (Å²) >= 11 is 4.13. The van der Waals surface area contributed by atoms with E-state index in [9.17, 15) is 31.5 Å². The molecule has 42 heavy (non-hydrogen) atoms. The number of carbonyl (C=O) groups excluding carboxylic acids is 1. The molecule has 4 heterocycles. The molecule has 0 bridgehead atoms. The van der Waals surface area contributed by atoms with Crippen molar-refractivity contribution in [3.05, 3.63) is 69.1 Å². The Kier molecular flexibility index (Phi) is 8.42. The number of allylic oxidation sites excluding steroid dienone is 4. The Morgan fingerprint density at radius 1 is 1.29 bits per heavy atom. The van der Waals surface area contributed by atoms with Crippen LogP contribution in [-0.2, 0) is 22.3 Å². The SMILES string of the molecule is C=CC(=O)N1CCN(c2nc(=O)n3c4c(c(/C=C/C(Br)=C(F)\C=C\F)c(C(F)(F)F)cc24)SCC2(COC2)C3)C(C)C1. The third kappa shape index (κ3) is 5.55. The lowest BCUT2D eigenvalue weighted by atomic mass is 9.88. The highest BCUT2D eigenvalue weighted by Crippen LogP contribution is 2.48. The average Bonchev–Trinajstić information content (AvgIpc) is 3.12. The smallest absolute Gasteiger partial charge is 0.380 e. The second kappa shape index (κ2) is 11.6. The van der Waals surface area contributed by atoms with Gasteiger partial charge < -0.3 is 14.5 Å². The van der Waals surface area contributed by atoms with Crippen molar-refractivity contribution >= 4 is 56.4 Å². The van der Waals surface area contributed by atoms with E-state index < -0.39 is 28.7 Å². The minimum Gasteiger partial charge on any atom is -0.380 e. The van der Waals surface area contributed by atoms with Gasteiger partial charge in [-0.25, -0.2) is 13.6 Å². The third-order valence-corrected chi connectivity index (χ3v) is 9.70. The van der Waals surface area contributed by atoms with Gasteiger partial charge in [-0.05, 0) is 41.1 Å². The van der Waals surface area contributed by atoms with Gasteiger partial charge in [-0.15, -0.1) is 11.8 Å². The lowest BCUT2D eigenvalue weighted by molar-refractivity contribution is -0.137. The second-order valence-corrected chi connectivity index (χ2v) is 12.3. The van der Waals surface area contributed by atoms with Gasteiger partial charge in [0.1, 0.15) is 11.6 Å². The number of ether oxygens (including phenoxy) is 1. The molecule has 0 saturated carbocycles. The van der Waals surface area contributed by atoms with Crippen LogP contribution in [0.3, 0.4) is 0 Å². The number of carbonyl (C=O) groups is 1. The number of amides is 1. The van der Waals surface area contributed by atoms with Crippen molar-refractivity contribution in [2.24, 2.45) is 5.41 Å². The van der Waals surface area contributed by atoms with E-state index in [2.05, 4.69) is 27.5 Å². The zero-order valence-electron chi connectivity index (χ0n) is 22.4. The minimum atomic E-state index is -4.82. The van der Waals surface area contributed by atoms with Crippen LogP contribution in [0.25, 0.3) is 17.0 Å². The predicted octanol–water partition coefficient (Wildman–Crippen LogP) is 5.83. The van der Waals surface area contributed by atoms with Gasteiger partial charge in [0.25, 0.3) is 0 Å². The van der Waals surface area contributed by atoms with E-state index >= 15 is 0 Å². The van der Waals surface area contributed by atoms with Crippen LogP contribution in [0.5, 0.6) is 0 Å². The van der Waals surface area contributed by atoms with E-state index in [1.807, 2.05) is 6.92 Å². The number of alkyl halides is 3. The van der Waals surface area contributed by atoms with Crippen molar-refractivity contribution < 1.29 is 31.5 Å². The van der Waals surface area contributed by atoms with E-state index in [1.54, 1.807) is 9.80 Å². The van der Waals surface area contributed by atoms with Gasteiger partial charge in [-0.2, -0.15) is 18.2 Å². The summed E-state index contributed by atoms with van der Waals surface area (Å²) < 4.78 is 77.3. The second-order valence-electron chi connectivity index (χ2n) is 10.5. The fourth-order valence-corrected chi connectivity index (χ4v) is 7.13. The monoisotopic (exact) mass is 672 g/mol. The van der Waals surface area contributed by atoms with Gasteiger partial charge in [0, 0.05) is 65.3 Å². The average molecular weight is 674 g/mol. The molecule has 0 radical (unpaired) electrons. The highest BCUT2D eigenvalue weighted by molar-refractivity contribution is 9.11. The number of nitrogens with zero attached hydrogens (tertiary/aromatic N) is 4. The summed E-state index contributed by atoms with van der Waals surface area (Å²) in [4.78, 5) is 33.6. The Morgan fingerprint density at radius 3 is 2.62 bits per heavy atom. The van der Waals surface area contributed by atoms with E-state index in [0.29, 0.717) is 30.6 Å². The number of piperazine rings is 1. The van der Waals surface area contributed by atoms with Crippen LogP contribution in [0.15, 0.2) is 57.2 Å². The van der Waals surface area contributed by atoms with Crippen molar-refractivity contribution in [1.82, 2.24) is 14.5 Å². The van der Waals surface area contributed by atoms with E-state index in [4.69, 9.17) is 4.74 Å². The van der Waals surface area contributed by atoms with Crippen molar-refractivity contribution in [2.45, 2.75) is 30.6 Å². The molecule has 1 aromatic carbocycles. The number of hydrogen-bond acceptors (Lipinski definition) is 6. The molecular formula is C28H26BrF5N4O3S. The Bertz CT molecular complexity index is 1600. The highest BCUT2D eigenvalue weighted by Gasteiger charge is 2.44. The molecule has 224 valence electrons. The van der Waals surface area contributed by atoms with Crippen molar-refractivity contribution in [2.75, 3.05) is 43.5 Å². The molecule has 2 aromatic rings. The first kappa shape index (κ1) is 30.5. The Labute approximate surface area is 250 Å². The van der Waals surface area contributed by atoms with Crippen LogP contribution in [0, 0.1) is 5.41 Å². The molecule has 7 nitrogen and oxygen atoms in total. The minimum absolute atomic E-state index is 0.0210. The molecule has 3 aliphatic rings. The summed E-state index contributed by atoms with van der Waals surface area (Å²) in [5.41, 5.74) is -2.01. The largest absolute Gasteiger partial charge is 0.417 e. The van der Waals surface area contributed by atoms with E-state index in [1.165, 1.54) is 22.4 Å². The number of anilines is 1. The van der Waals surface area contributed by atoms with Gasteiger partial charge in [0.15, 0.2) is 0 Å². The summed E-state index contributed by atoms with van der Waals surface area (Å²) in [6.07, 6.45) is -0.907. The van der Waals surface area contributed by atoms with Crippen LogP contribution in [0.1, 0.15) is 18.1 Å². The maximum Gasteiger partial charge on any atom is 0.417 e. The molecular weight excluding hydrogens is 647 g/mol. The van der Waals surface area contributed by atoms with Crippen molar-refractivity contribution in [3.8, 4) is 0 Å². The fourth-order valence-electron chi connectivity index (χ4n) is 5.46. The van der Waals surface area contributed by atoms with Crippen molar-refractivity contribution in [1.29, 1.82) is 0 Å². The van der Waals surface area contributed by atoms with Crippen LogP contribution in [-0.4, -0.2) is 65.0 Å². The molecule has 0 N–H and O–H groups in total. The molecule has 2 fully saturated rings. The van der Waals surface area contributed by atoms with Crippen molar-refractivity contribution in [3.63, 3.8) is 0 Å². The fraction of sp³-hybridized carbons (Fsp3) is 0.393. The van der Waals surface area contributed by atoms with Crippen LogP contribution < -0.4 is 10.6 Å². The molecule has 1 atom stereocenters. The van der Waals surface area contributed by atoms with Crippen LogP contribution in [0.2, 0.25) is 0 Å². The first-order chi connectivity index (χ1) is 19.9. The highest BCUT2D eigenvalue weighted by atomic mass is 79.9. The number of hydrogen-bond donors (Lipinski definition) is 0. The summed E-state index contributed by atoms with van der Waals surface area (Å²) in [5.74, 6) is -0.788. The molecule has 14 heteroatoms. The number of halogens is 6. The molecule has 1 unspecified atom stereocenters. The van der Waals surface area contributed by atoms with Crippen LogP contribution >= 0.6 is 27.7 Å². The van der Waals surface area contributed by atoms with E-state index in [-0.39, 0.29) is 70.6 Å². The number of thioether (sulfide) groups is 1. The first-order valence-electron chi connectivity index (χ1n) is 13.0. The summed E-state index contributed by atoms with van der Waals surface area (Å²) in [7, 11) is 0. The van der Waals surface area contributed by atoms with Gasteiger partial charge in [-0.1, -0.05) is 12.7 Å². The molecule has 2 saturated heterocycles. The van der Waals surface area contributed by atoms with E-state index in [0.717, 1.165) is 18.2 Å². The zero-order valence-corrected chi connectivity index (χ0v) is 24.8. The predicted molar refractivity (Wildman–Crippen MR) is 155 cm³/mol. The zero-order chi connectivity index (χ0) is 30.4. The standard InChI is InChI=1S/C28H26BrF5N4O3S/c1-3-22(39)36-8-9-37(16(2)11-36)25-18-10-19(28(32,33)34)17(4-5-20(29)21(31)6-7-30)24-23(18)38(26(40)35-25)12-27(15-42-24)13-41-14-27/h3-7,10,16H,1,8-9,11-15H2,2H3/b5-4+,7-6+,21-20-. The lowest BCUT2D eigenvalue weighted by Crippen LogP contribution is -2.54. The third-order valence-electron chi connectivity index (χ3n) is 7.59. The first-order valence-corrected chi connectivity index (χ1v) is 14.7. The van der Waals surface area contributed by atoms with Gasteiger partial charge in [0.2, 0.25) is 5.91 Å². The Balaban J connectivity index is 1.77. The number of aromatic nitrogens is 2. The summed E-state index contributed by atoms with van der Waals surface area (Å²) in [6.45, 7) is 7.00. The van der Waals surface area contributed by atoms with Gasteiger partial charge >= 0.3 is 11.9 Å².